The molecule has 0 atom stereocenters. The standard InChI is InChI=1S/C5H10O2.H2O4S/c1-5(7)3-2-4-6;1-5(2,3)4/h3,6-7H,2,4H2,1H3;(H2,1,2,3,4). The second kappa shape index (κ2) is 7.04. The molecule has 0 aliphatic heterocycles. The van der Waals surface area contributed by atoms with Crippen molar-refractivity contribution < 1.29 is 27.7 Å². The third-order valence-electron chi connectivity index (χ3n) is 0.569. The minimum absolute atomic E-state index is 0.109. The fourth-order valence-electron chi connectivity index (χ4n) is 0.273. The molecule has 0 aromatic rings. The third kappa shape index (κ3) is 57.8. The largest absolute Gasteiger partial charge is 0.513 e. The van der Waals surface area contributed by atoms with Gasteiger partial charge in [-0.05, 0) is 19.4 Å². The molecule has 0 aromatic carbocycles. The van der Waals surface area contributed by atoms with Crippen molar-refractivity contribution in [2.45, 2.75) is 13.3 Å². The number of aliphatic hydroxyl groups is 2. The van der Waals surface area contributed by atoms with E-state index in [1.54, 1.807) is 13.0 Å². The Morgan fingerprint density at radius 2 is 1.75 bits per heavy atom. The van der Waals surface area contributed by atoms with Crippen LogP contribution in [-0.4, -0.2) is 34.3 Å². The summed E-state index contributed by atoms with van der Waals surface area (Å²) in [5, 5.41) is 16.6. The molecule has 0 saturated heterocycles. The fourth-order valence-corrected chi connectivity index (χ4v) is 0.273. The zero-order valence-corrected chi connectivity index (χ0v) is 7.32. The van der Waals surface area contributed by atoms with E-state index in [2.05, 4.69) is 0 Å². The molecule has 0 amide bonds. The lowest BCUT2D eigenvalue weighted by molar-refractivity contribution is 0.299. The van der Waals surface area contributed by atoms with Gasteiger partial charge in [-0.25, -0.2) is 0 Å². The smallest absolute Gasteiger partial charge is 0.394 e. The first kappa shape index (κ1) is 13.9. The van der Waals surface area contributed by atoms with Crippen molar-refractivity contribution in [2.24, 2.45) is 0 Å². The normalized spacial score (nSPS) is 11.8. The van der Waals surface area contributed by atoms with E-state index in [9.17, 15) is 0 Å². The van der Waals surface area contributed by atoms with E-state index < -0.39 is 10.4 Å². The third-order valence-corrected chi connectivity index (χ3v) is 0.569. The summed E-state index contributed by atoms with van der Waals surface area (Å²) in [5.41, 5.74) is 0. The number of rotatable bonds is 2. The second-order valence-corrected chi connectivity index (χ2v) is 2.70. The molecule has 0 aliphatic carbocycles. The highest BCUT2D eigenvalue weighted by molar-refractivity contribution is 7.79. The molecule has 0 aliphatic rings. The van der Waals surface area contributed by atoms with Crippen molar-refractivity contribution in [3.05, 3.63) is 11.8 Å². The van der Waals surface area contributed by atoms with Gasteiger partial charge in [0.05, 0.1) is 5.76 Å². The molecule has 0 fully saturated rings. The van der Waals surface area contributed by atoms with Crippen LogP contribution in [0.3, 0.4) is 0 Å². The molecule has 0 bridgehead atoms. The van der Waals surface area contributed by atoms with Crippen LogP contribution in [0.25, 0.3) is 0 Å². The van der Waals surface area contributed by atoms with Crippen LogP contribution in [-0.2, 0) is 10.4 Å². The zero-order valence-electron chi connectivity index (χ0n) is 6.51. The van der Waals surface area contributed by atoms with Crippen molar-refractivity contribution in [3.63, 3.8) is 0 Å². The van der Waals surface area contributed by atoms with Crippen LogP contribution < -0.4 is 0 Å². The van der Waals surface area contributed by atoms with Gasteiger partial charge in [-0.3, -0.25) is 9.11 Å². The van der Waals surface area contributed by atoms with Crippen LogP contribution in [0.1, 0.15) is 13.3 Å². The molecule has 0 heterocycles. The van der Waals surface area contributed by atoms with Crippen molar-refractivity contribution in [1.29, 1.82) is 0 Å². The first-order valence-electron chi connectivity index (χ1n) is 2.94. The highest BCUT2D eigenvalue weighted by Crippen LogP contribution is 1.86. The summed E-state index contributed by atoms with van der Waals surface area (Å²) >= 11 is 0. The van der Waals surface area contributed by atoms with Gasteiger partial charge in [0, 0.05) is 6.61 Å². The lowest BCUT2D eigenvalue weighted by atomic mass is 10.4. The molecule has 0 aromatic heterocycles. The molecule has 74 valence electrons. The zero-order chi connectivity index (χ0) is 10.2. The molecule has 7 heteroatoms. The number of hydrogen-bond donors (Lipinski definition) is 4. The summed E-state index contributed by atoms with van der Waals surface area (Å²) in [7, 11) is -4.67. The molecule has 0 unspecified atom stereocenters. The van der Waals surface area contributed by atoms with Gasteiger partial charge in [-0.2, -0.15) is 8.42 Å². The predicted molar refractivity (Wildman–Crippen MR) is 42.3 cm³/mol. The van der Waals surface area contributed by atoms with Gasteiger partial charge in [0.15, 0.2) is 0 Å². The fraction of sp³-hybridized carbons (Fsp3) is 0.600. The summed E-state index contributed by atoms with van der Waals surface area (Å²) in [6.07, 6.45) is 2.11. The summed E-state index contributed by atoms with van der Waals surface area (Å²) in [6, 6.07) is 0. The Balaban J connectivity index is 0. The minimum Gasteiger partial charge on any atom is -0.513 e. The average Bonchev–Trinajstić information content (AvgIpc) is 1.79. The molecular formula is C5H12O6S. The molecular weight excluding hydrogens is 188 g/mol. The van der Waals surface area contributed by atoms with E-state index in [0.29, 0.717) is 6.42 Å². The quantitative estimate of drug-likeness (QED) is 0.373. The van der Waals surface area contributed by atoms with E-state index in [-0.39, 0.29) is 12.4 Å². The van der Waals surface area contributed by atoms with Gasteiger partial charge in [0.1, 0.15) is 0 Å². The van der Waals surface area contributed by atoms with E-state index >= 15 is 0 Å². The maximum Gasteiger partial charge on any atom is 0.394 e. The Kier molecular flexibility index (Phi) is 8.17. The maximum atomic E-state index is 8.74. The SMILES string of the molecule is CC(O)=CCCO.O=S(=O)(O)O. The van der Waals surface area contributed by atoms with Crippen LogP contribution in [0.15, 0.2) is 11.8 Å². The van der Waals surface area contributed by atoms with E-state index in [1.807, 2.05) is 0 Å². The average molecular weight is 200 g/mol. The summed E-state index contributed by atoms with van der Waals surface area (Å²) in [6.45, 7) is 1.69. The van der Waals surface area contributed by atoms with E-state index in [0.717, 1.165) is 0 Å². The summed E-state index contributed by atoms with van der Waals surface area (Å²) in [5.74, 6) is 0.272. The van der Waals surface area contributed by atoms with Gasteiger partial charge in [-0.1, -0.05) is 0 Å². The number of aliphatic hydroxyl groups excluding tert-OH is 2. The van der Waals surface area contributed by atoms with Gasteiger partial charge in [0.2, 0.25) is 0 Å². The van der Waals surface area contributed by atoms with Crippen LogP contribution in [0.5, 0.6) is 0 Å². The summed E-state index contributed by atoms with van der Waals surface area (Å²) < 4.78 is 31.6. The highest BCUT2D eigenvalue weighted by atomic mass is 32.3. The Morgan fingerprint density at radius 3 is 1.83 bits per heavy atom. The van der Waals surface area contributed by atoms with Crippen LogP contribution in [0.4, 0.5) is 0 Å². The van der Waals surface area contributed by atoms with Crippen molar-refractivity contribution in [1.82, 2.24) is 0 Å². The van der Waals surface area contributed by atoms with Gasteiger partial charge in [0.25, 0.3) is 0 Å². The lowest BCUT2D eigenvalue weighted by Crippen LogP contribution is -1.89. The minimum atomic E-state index is -4.67. The van der Waals surface area contributed by atoms with Gasteiger partial charge >= 0.3 is 10.4 Å². The highest BCUT2D eigenvalue weighted by Gasteiger charge is 1.84. The second-order valence-electron chi connectivity index (χ2n) is 1.81. The molecule has 0 spiro atoms. The predicted octanol–water partition coefficient (Wildman–Crippen LogP) is 0.178. The molecule has 0 rings (SSSR count). The molecule has 6 nitrogen and oxygen atoms in total. The lowest BCUT2D eigenvalue weighted by Gasteiger charge is -1.84. The van der Waals surface area contributed by atoms with Gasteiger partial charge < -0.3 is 10.2 Å². The topological polar surface area (TPSA) is 115 Å². The van der Waals surface area contributed by atoms with E-state index in [4.69, 9.17) is 27.7 Å². The van der Waals surface area contributed by atoms with Crippen LogP contribution in [0, 0.1) is 0 Å². The number of allylic oxidation sites excluding steroid dienone is 1. The van der Waals surface area contributed by atoms with Crippen LogP contribution in [0.2, 0.25) is 0 Å². The maximum absolute atomic E-state index is 8.74. The van der Waals surface area contributed by atoms with E-state index in [1.165, 1.54) is 0 Å². The number of hydrogen-bond acceptors (Lipinski definition) is 4. The van der Waals surface area contributed by atoms with Gasteiger partial charge in [-0.15, -0.1) is 0 Å². The molecule has 0 radical (unpaired) electrons. The van der Waals surface area contributed by atoms with Crippen molar-refractivity contribution in [3.8, 4) is 0 Å². The first-order chi connectivity index (χ1) is 5.27. The Labute approximate surface area is 70.7 Å². The summed E-state index contributed by atoms with van der Waals surface area (Å²) in [4.78, 5) is 0. The Bertz CT molecular complexity index is 204. The van der Waals surface area contributed by atoms with Crippen LogP contribution >= 0.6 is 0 Å². The Hall–Kier alpha value is -0.630. The molecule has 12 heavy (non-hydrogen) atoms. The molecule has 0 saturated carbocycles. The molecule has 4 N–H and O–H groups in total. The first-order valence-corrected chi connectivity index (χ1v) is 4.33. The monoisotopic (exact) mass is 200 g/mol. The van der Waals surface area contributed by atoms with Crippen molar-refractivity contribution in [2.75, 3.05) is 6.61 Å². The van der Waals surface area contributed by atoms with Crippen molar-refractivity contribution >= 4 is 10.4 Å². The Morgan fingerprint density at radius 1 is 1.42 bits per heavy atom.